The number of methoxy groups -OCH3 is 2. The third kappa shape index (κ3) is 6.63. The van der Waals surface area contributed by atoms with Crippen LogP contribution in [0.15, 0.2) is 29.5 Å². The number of phenols is 2. The normalized spacial score (nSPS) is 11.2. The van der Waals surface area contributed by atoms with Gasteiger partial charge in [-0.05, 0) is 12.1 Å². The Bertz CT molecular complexity index is 798. The van der Waals surface area contributed by atoms with E-state index in [1.54, 1.807) is 0 Å². The summed E-state index contributed by atoms with van der Waals surface area (Å²) in [6.07, 6.45) is -1.35. The van der Waals surface area contributed by atoms with Crippen molar-refractivity contribution in [3.8, 4) is 11.5 Å². The van der Waals surface area contributed by atoms with E-state index in [1.807, 2.05) is 0 Å². The number of amides is 1. The number of anilines is 1. The molecule has 152 valence electrons. The largest absolute Gasteiger partial charge is 0.511 e. The maximum atomic E-state index is 12.1. The van der Waals surface area contributed by atoms with Gasteiger partial charge in [0.05, 0.1) is 26.3 Å². The molecule has 0 aliphatic heterocycles. The van der Waals surface area contributed by atoms with Gasteiger partial charge in [0.15, 0.2) is 5.78 Å². The number of aromatic hydroxyl groups is 2. The third-order valence-electron chi connectivity index (χ3n) is 3.59. The molecule has 1 aromatic carbocycles. The Labute approximate surface area is 160 Å². The molecule has 0 radical (unpaired) electrons. The minimum absolute atomic E-state index is 0.0358. The molecule has 0 aromatic heterocycles. The fourth-order valence-corrected chi connectivity index (χ4v) is 2.13. The van der Waals surface area contributed by atoms with Crippen LogP contribution < -0.4 is 5.32 Å². The molecule has 0 aliphatic rings. The monoisotopic (exact) mass is 395 g/mol. The van der Waals surface area contributed by atoms with Crippen molar-refractivity contribution in [2.24, 2.45) is 0 Å². The van der Waals surface area contributed by atoms with E-state index < -0.39 is 35.0 Å². The lowest BCUT2D eigenvalue weighted by Gasteiger charge is -2.10. The molecule has 0 bridgehead atoms. The van der Waals surface area contributed by atoms with E-state index in [0.717, 1.165) is 20.3 Å². The fourth-order valence-electron chi connectivity index (χ4n) is 2.13. The minimum Gasteiger partial charge on any atom is -0.511 e. The molecule has 0 atom stereocenters. The van der Waals surface area contributed by atoms with Crippen LogP contribution in [0.5, 0.6) is 11.5 Å². The van der Waals surface area contributed by atoms with Crippen molar-refractivity contribution in [3.63, 3.8) is 0 Å². The molecule has 1 amide bonds. The maximum absolute atomic E-state index is 12.1. The van der Waals surface area contributed by atoms with E-state index in [4.69, 9.17) is 0 Å². The number of carbonyl (C=O) groups is 4. The molecule has 4 N–H and O–H groups in total. The Hall–Kier alpha value is -3.56. The first-order valence-corrected chi connectivity index (χ1v) is 8.11. The summed E-state index contributed by atoms with van der Waals surface area (Å²) in [5, 5.41) is 31.3. The molecule has 0 fully saturated rings. The van der Waals surface area contributed by atoms with E-state index in [2.05, 4.69) is 14.8 Å². The lowest BCUT2D eigenvalue weighted by molar-refractivity contribution is -0.143. The Morgan fingerprint density at radius 2 is 1.64 bits per heavy atom. The first-order chi connectivity index (χ1) is 13.2. The average molecular weight is 395 g/mol. The van der Waals surface area contributed by atoms with Gasteiger partial charge in [0.1, 0.15) is 22.8 Å². The SMILES string of the molecule is COC(=O)CCC(=O)/C(C(=O)OC)=C(\O)CCC(=O)Nc1ccc(O)cc1O. The molecule has 0 unspecified atom stereocenters. The smallest absolute Gasteiger partial charge is 0.344 e. The van der Waals surface area contributed by atoms with E-state index in [1.165, 1.54) is 12.1 Å². The summed E-state index contributed by atoms with van der Waals surface area (Å²) in [5.74, 6) is -4.42. The minimum atomic E-state index is -1.09. The van der Waals surface area contributed by atoms with Crippen molar-refractivity contribution in [1.29, 1.82) is 0 Å². The molecular weight excluding hydrogens is 374 g/mol. The van der Waals surface area contributed by atoms with Crippen LogP contribution in [0.25, 0.3) is 0 Å². The molecule has 0 aliphatic carbocycles. The Kier molecular flexibility index (Phi) is 8.47. The summed E-state index contributed by atoms with van der Waals surface area (Å²) in [4.78, 5) is 47.0. The molecule has 10 nitrogen and oxygen atoms in total. The van der Waals surface area contributed by atoms with E-state index in [9.17, 15) is 34.5 Å². The number of hydrogen-bond donors (Lipinski definition) is 4. The van der Waals surface area contributed by atoms with Gasteiger partial charge in [0.2, 0.25) is 5.91 Å². The zero-order chi connectivity index (χ0) is 21.3. The van der Waals surface area contributed by atoms with Gasteiger partial charge in [0.25, 0.3) is 0 Å². The van der Waals surface area contributed by atoms with Gasteiger partial charge in [-0.3, -0.25) is 14.4 Å². The second-order valence-electron chi connectivity index (χ2n) is 5.56. The topological polar surface area (TPSA) is 159 Å². The number of Topliss-reactive ketones (excluding diaryl/α,β-unsaturated/α-hetero) is 1. The lowest BCUT2D eigenvalue weighted by atomic mass is 10.0. The number of benzene rings is 1. The highest BCUT2D eigenvalue weighted by Crippen LogP contribution is 2.27. The quantitative estimate of drug-likeness (QED) is 0.0919. The summed E-state index contributed by atoms with van der Waals surface area (Å²) in [7, 11) is 2.16. The number of aliphatic hydroxyl groups excluding tert-OH is 1. The van der Waals surface area contributed by atoms with Gasteiger partial charge in [-0.25, -0.2) is 4.79 Å². The first-order valence-electron chi connectivity index (χ1n) is 8.11. The van der Waals surface area contributed by atoms with Crippen LogP contribution in [-0.4, -0.2) is 53.2 Å². The van der Waals surface area contributed by atoms with Crippen LogP contribution in [0.4, 0.5) is 5.69 Å². The summed E-state index contributed by atoms with van der Waals surface area (Å²) >= 11 is 0. The average Bonchev–Trinajstić information content (AvgIpc) is 2.66. The Morgan fingerprint density at radius 3 is 2.21 bits per heavy atom. The number of aliphatic hydroxyl groups is 1. The van der Waals surface area contributed by atoms with Crippen molar-refractivity contribution >= 4 is 29.3 Å². The van der Waals surface area contributed by atoms with Crippen molar-refractivity contribution in [1.82, 2.24) is 0 Å². The number of rotatable bonds is 9. The molecule has 0 heterocycles. The zero-order valence-corrected chi connectivity index (χ0v) is 15.4. The van der Waals surface area contributed by atoms with Crippen LogP contribution in [0.3, 0.4) is 0 Å². The number of ketones is 1. The second-order valence-corrected chi connectivity index (χ2v) is 5.56. The molecule has 10 heteroatoms. The van der Waals surface area contributed by atoms with Gasteiger partial charge < -0.3 is 30.1 Å². The van der Waals surface area contributed by atoms with Crippen molar-refractivity contribution in [2.45, 2.75) is 25.7 Å². The third-order valence-corrected chi connectivity index (χ3v) is 3.59. The van der Waals surface area contributed by atoms with Crippen molar-refractivity contribution in [3.05, 3.63) is 29.5 Å². The summed E-state index contributed by atoms with van der Waals surface area (Å²) in [5.41, 5.74) is -0.611. The van der Waals surface area contributed by atoms with Crippen LogP contribution >= 0.6 is 0 Å². The highest BCUT2D eigenvalue weighted by Gasteiger charge is 2.25. The van der Waals surface area contributed by atoms with Crippen LogP contribution in [-0.2, 0) is 28.7 Å². The molecule has 1 aromatic rings. The second kappa shape index (κ2) is 10.6. The van der Waals surface area contributed by atoms with E-state index in [0.29, 0.717) is 0 Å². The molecule has 28 heavy (non-hydrogen) atoms. The maximum Gasteiger partial charge on any atom is 0.344 e. The number of phenolic OH excluding ortho intramolecular Hbond substituents is 2. The first kappa shape index (κ1) is 22.5. The van der Waals surface area contributed by atoms with Gasteiger partial charge in [0, 0.05) is 25.3 Å². The molecule has 0 saturated carbocycles. The number of ether oxygens (including phenoxy) is 2. The zero-order valence-electron chi connectivity index (χ0n) is 15.4. The highest BCUT2D eigenvalue weighted by molar-refractivity contribution is 6.18. The molecule has 1 rings (SSSR count). The van der Waals surface area contributed by atoms with Crippen molar-refractivity contribution in [2.75, 3.05) is 19.5 Å². The van der Waals surface area contributed by atoms with Gasteiger partial charge >= 0.3 is 11.9 Å². The van der Waals surface area contributed by atoms with Crippen LogP contribution in [0, 0.1) is 0 Å². The van der Waals surface area contributed by atoms with Gasteiger partial charge in [-0.2, -0.15) is 0 Å². The van der Waals surface area contributed by atoms with Crippen molar-refractivity contribution < 1.29 is 44.0 Å². The molecule has 0 spiro atoms. The predicted molar refractivity (Wildman–Crippen MR) is 95.6 cm³/mol. The van der Waals surface area contributed by atoms with Crippen LogP contribution in [0.2, 0.25) is 0 Å². The summed E-state index contributed by atoms with van der Waals surface area (Å²) in [6.45, 7) is 0. The van der Waals surface area contributed by atoms with Gasteiger partial charge in [-0.15, -0.1) is 0 Å². The number of esters is 2. The van der Waals surface area contributed by atoms with Crippen LogP contribution in [0.1, 0.15) is 25.7 Å². The standard InChI is InChI=1S/C18H21NO9/c1-27-16(25)8-6-13(22)17(18(26)28-2)12(21)5-7-15(24)19-11-4-3-10(20)9-14(11)23/h3-4,9,20-21,23H,5-8H2,1-2H3,(H,19,24)/b17-12+. The summed E-state index contributed by atoms with van der Waals surface area (Å²) in [6, 6.07) is 3.55. The van der Waals surface area contributed by atoms with E-state index in [-0.39, 0.29) is 42.9 Å². The molecular formula is C18H21NO9. The Balaban J connectivity index is 2.81. The highest BCUT2D eigenvalue weighted by atomic mass is 16.5. The lowest BCUT2D eigenvalue weighted by Crippen LogP contribution is -2.19. The number of hydrogen-bond acceptors (Lipinski definition) is 9. The number of allylic oxidation sites excluding steroid dienone is 1. The van der Waals surface area contributed by atoms with E-state index >= 15 is 0 Å². The molecule has 0 saturated heterocycles. The Morgan fingerprint density at radius 1 is 0.964 bits per heavy atom. The predicted octanol–water partition coefficient (Wildman–Crippen LogP) is 1.32. The fraction of sp³-hybridized carbons (Fsp3) is 0.333. The summed E-state index contributed by atoms with van der Waals surface area (Å²) < 4.78 is 8.87. The van der Waals surface area contributed by atoms with Gasteiger partial charge in [-0.1, -0.05) is 0 Å². The number of nitrogens with one attached hydrogen (secondary N) is 1. The number of carbonyl (C=O) groups excluding carboxylic acids is 4.